The zero-order valence-corrected chi connectivity index (χ0v) is 24.2. The normalized spacial score (nSPS) is 17.4. The number of aromatic nitrogens is 2. The number of aromatic amines is 2. The average Bonchev–Trinajstić information content (AvgIpc) is 3.60. The third kappa shape index (κ3) is 4.92. The molecule has 200 valence electrons. The Hall–Kier alpha value is -3.67. The van der Waals surface area contributed by atoms with E-state index < -0.39 is 0 Å². The lowest BCUT2D eigenvalue weighted by Crippen LogP contribution is -2.14. The Bertz CT molecular complexity index is 1360. The summed E-state index contributed by atoms with van der Waals surface area (Å²) in [6.07, 6.45) is 10.0. The zero-order chi connectivity index (χ0) is 27.7. The third-order valence-corrected chi connectivity index (χ3v) is 8.21. The number of nitrogens with zero attached hydrogens (tertiary/aromatic N) is 2. The highest BCUT2D eigenvalue weighted by atomic mass is 16.5. The topological polar surface area (TPSA) is 82.6 Å². The Kier molecular flexibility index (Phi) is 7.91. The standard InChI is InChI=1S/C32H40N4O2/c1-10-23-21(7)28(13-26-19(5)17(3)15-33-26)35-31(23)25(12-30(37)38-9)32-24(11-2)22(8)29(36-32)14-27-20(6)18(4)16-34-27/h13-16,25,35-36H,10-12H2,1-9H3/b26-13-,27-14-. The molecular weight excluding hydrogens is 472 g/mol. The summed E-state index contributed by atoms with van der Waals surface area (Å²) in [6.45, 7) is 17.0. The maximum absolute atomic E-state index is 12.7. The molecule has 4 rings (SSSR count). The van der Waals surface area contributed by atoms with Crippen LogP contribution in [0.4, 0.5) is 0 Å². The molecule has 2 aliphatic rings. The fraction of sp³-hybridized carbons (Fsp3) is 0.406. The summed E-state index contributed by atoms with van der Waals surface area (Å²) in [5.41, 5.74) is 15.7. The molecule has 4 heterocycles. The molecule has 0 aliphatic carbocycles. The van der Waals surface area contributed by atoms with E-state index in [1.165, 1.54) is 51.7 Å². The average molecular weight is 513 g/mol. The lowest BCUT2D eigenvalue weighted by atomic mass is 9.89. The second-order valence-electron chi connectivity index (χ2n) is 10.3. The van der Waals surface area contributed by atoms with Crippen molar-refractivity contribution in [1.29, 1.82) is 0 Å². The van der Waals surface area contributed by atoms with Crippen LogP contribution in [0.25, 0.3) is 12.2 Å². The molecule has 0 fully saturated rings. The first-order valence-corrected chi connectivity index (χ1v) is 13.5. The summed E-state index contributed by atoms with van der Waals surface area (Å²) in [5, 5.41) is 0. The molecule has 6 nitrogen and oxygen atoms in total. The van der Waals surface area contributed by atoms with Crippen LogP contribution < -0.4 is 0 Å². The summed E-state index contributed by atoms with van der Waals surface area (Å²) >= 11 is 0. The van der Waals surface area contributed by atoms with Crippen molar-refractivity contribution in [3.63, 3.8) is 0 Å². The molecular formula is C32H40N4O2. The van der Waals surface area contributed by atoms with E-state index in [2.05, 4.69) is 87.5 Å². The van der Waals surface area contributed by atoms with E-state index in [1.807, 2.05) is 12.4 Å². The van der Waals surface area contributed by atoms with Crippen LogP contribution in [-0.4, -0.2) is 35.5 Å². The molecule has 38 heavy (non-hydrogen) atoms. The van der Waals surface area contributed by atoms with E-state index in [4.69, 9.17) is 4.74 Å². The molecule has 2 aliphatic heterocycles. The maximum atomic E-state index is 12.7. The van der Waals surface area contributed by atoms with Crippen LogP contribution in [0.3, 0.4) is 0 Å². The van der Waals surface area contributed by atoms with Gasteiger partial charge in [-0.2, -0.15) is 0 Å². The molecule has 0 aromatic carbocycles. The quantitative estimate of drug-likeness (QED) is 0.364. The largest absolute Gasteiger partial charge is 0.469 e. The number of ether oxygens (including phenoxy) is 1. The number of aliphatic imine (C=N–C) groups is 2. The van der Waals surface area contributed by atoms with Gasteiger partial charge in [0, 0.05) is 35.2 Å². The number of esters is 1. The van der Waals surface area contributed by atoms with E-state index in [-0.39, 0.29) is 18.3 Å². The maximum Gasteiger partial charge on any atom is 0.306 e. The van der Waals surface area contributed by atoms with Gasteiger partial charge in [0.2, 0.25) is 0 Å². The van der Waals surface area contributed by atoms with Crippen LogP contribution in [0, 0.1) is 13.8 Å². The third-order valence-electron chi connectivity index (χ3n) is 8.21. The Morgan fingerprint density at radius 1 is 0.816 bits per heavy atom. The minimum Gasteiger partial charge on any atom is -0.469 e. The van der Waals surface area contributed by atoms with E-state index >= 15 is 0 Å². The van der Waals surface area contributed by atoms with E-state index in [9.17, 15) is 4.79 Å². The van der Waals surface area contributed by atoms with Crippen molar-refractivity contribution in [3.05, 3.63) is 78.7 Å². The van der Waals surface area contributed by atoms with Gasteiger partial charge >= 0.3 is 5.97 Å². The van der Waals surface area contributed by atoms with Crippen LogP contribution in [0.1, 0.15) is 98.9 Å². The van der Waals surface area contributed by atoms with Gasteiger partial charge in [0.05, 0.1) is 30.8 Å². The van der Waals surface area contributed by atoms with Crippen molar-refractivity contribution in [3.8, 4) is 0 Å². The Balaban J connectivity index is 1.88. The van der Waals surface area contributed by atoms with Gasteiger partial charge in [-0.15, -0.1) is 0 Å². The number of rotatable bonds is 8. The first-order chi connectivity index (χ1) is 18.1. The second-order valence-corrected chi connectivity index (χ2v) is 10.3. The number of nitrogens with one attached hydrogen (secondary N) is 2. The van der Waals surface area contributed by atoms with Gasteiger partial charge < -0.3 is 14.7 Å². The monoisotopic (exact) mass is 512 g/mol. The van der Waals surface area contributed by atoms with Crippen LogP contribution in [0.5, 0.6) is 0 Å². The predicted molar refractivity (Wildman–Crippen MR) is 158 cm³/mol. The zero-order valence-electron chi connectivity index (χ0n) is 24.2. The number of carbonyl (C=O) groups excluding carboxylic acids is 1. The molecule has 0 bridgehead atoms. The Morgan fingerprint density at radius 2 is 1.24 bits per heavy atom. The van der Waals surface area contributed by atoms with Gasteiger partial charge in [-0.3, -0.25) is 14.8 Å². The second kappa shape index (κ2) is 11.0. The number of carbonyl (C=O) groups is 1. The van der Waals surface area contributed by atoms with Gasteiger partial charge in [-0.05, 0) is 111 Å². The van der Waals surface area contributed by atoms with Crippen molar-refractivity contribution in [2.24, 2.45) is 9.98 Å². The minimum absolute atomic E-state index is 0.194. The Morgan fingerprint density at radius 3 is 1.55 bits per heavy atom. The SMILES string of the molecule is CCc1c(C(CC(=O)OC)c2[nH]c(/C=C3\N=CC(C)=C3C)c(C)c2CC)[nH]c(/C=C2\N=CC(C)=C2C)c1C. The molecule has 6 heteroatoms. The van der Waals surface area contributed by atoms with Crippen molar-refractivity contribution in [2.45, 2.75) is 80.6 Å². The summed E-state index contributed by atoms with van der Waals surface area (Å²) in [7, 11) is 1.46. The molecule has 2 N–H and O–H groups in total. The summed E-state index contributed by atoms with van der Waals surface area (Å²) < 4.78 is 5.17. The van der Waals surface area contributed by atoms with Crippen LogP contribution >= 0.6 is 0 Å². The number of hydrogen-bond acceptors (Lipinski definition) is 4. The van der Waals surface area contributed by atoms with E-state index in [0.717, 1.165) is 47.0 Å². The van der Waals surface area contributed by atoms with Gasteiger partial charge in [0.1, 0.15) is 0 Å². The highest BCUT2D eigenvalue weighted by Crippen LogP contribution is 2.38. The van der Waals surface area contributed by atoms with E-state index in [0.29, 0.717) is 0 Å². The lowest BCUT2D eigenvalue weighted by Gasteiger charge is -2.18. The van der Waals surface area contributed by atoms with Crippen LogP contribution in [0.2, 0.25) is 0 Å². The van der Waals surface area contributed by atoms with Crippen molar-refractivity contribution in [1.82, 2.24) is 9.97 Å². The van der Waals surface area contributed by atoms with E-state index in [1.54, 1.807) is 0 Å². The molecule has 2 aromatic heterocycles. The minimum atomic E-state index is -0.233. The van der Waals surface area contributed by atoms with Crippen molar-refractivity contribution < 1.29 is 9.53 Å². The molecule has 0 radical (unpaired) electrons. The van der Waals surface area contributed by atoms with Crippen molar-refractivity contribution >= 4 is 30.6 Å². The van der Waals surface area contributed by atoms with Gasteiger partial charge in [-0.25, -0.2) is 0 Å². The summed E-state index contributed by atoms with van der Waals surface area (Å²) in [4.78, 5) is 29.4. The van der Waals surface area contributed by atoms with Gasteiger partial charge in [0.15, 0.2) is 0 Å². The fourth-order valence-electron chi connectivity index (χ4n) is 5.44. The molecule has 0 saturated carbocycles. The number of methoxy groups -OCH3 is 1. The fourth-order valence-corrected chi connectivity index (χ4v) is 5.44. The number of H-pyrrole nitrogens is 2. The van der Waals surface area contributed by atoms with Gasteiger partial charge in [-0.1, -0.05) is 13.8 Å². The highest BCUT2D eigenvalue weighted by molar-refractivity contribution is 5.88. The molecule has 0 spiro atoms. The molecule has 0 amide bonds. The first kappa shape index (κ1) is 27.4. The molecule has 2 aromatic rings. The lowest BCUT2D eigenvalue weighted by molar-refractivity contribution is -0.140. The smallest absolute Gasteiger partial charge is 0.306 e. The summed E-state index contributed by atoms with van der Waals surface area (Å²) in [6, 6.07) is 0. The van der Waals surface area contributed by atoms with Crippen LogP contribution in [0.15, 0.2) is 43.7 Å². The predicted octanol–water partition coefficient (Wildman–Crippen LogP) is 7.30. The van der Waals surface area contributed by atoms with Crippen molar-refractivity contribution in [2.75, 3.05) is 7.11 Å². The molecule has 0 atom stereocenters. The summed E-state index contributed by atoms with van der Waals surface area (Å²) in [5.74, 6) is -0.428. The molecule has 0 unspecified atom stereocenters. The first-order valence-electron chi connectivity index (χ1n) is 13.5. The van der Waals surface area contributed by atoms with Crippen LogP contribution in [-0.2, 0) is 22.4 Å². The number of allylic oxidation sites excluding steroid dienone is 4. The Labute approximate surface area is 226 Å². The number of hydrogen-bond donors (Lipinski definition) is 2. The molecule has 0 saturated heterocycles. The highest BCUT2D eigenvalue weighted by Gasteiger charge is 2.29. The van der Waals surface area contributed by atoms with Gasteiger partial charge in [0.25, 0.3) is 0 Å².